The van der Waals surface area contributed by atoms with Crippen molar-refractivity contribution in [2.45, 2.75) is 34.6 Å². The van der Waals surface area contributed by atoms with Crippen LogP contribution in [0.25, 0.3) is 55.2 Å². The van der Waals surface area contributed by atoms with Gasteiger partial charge < -0.3 is 90.4 Å². The molecule has 0 radical (unpaired) electrons. The summed E-state index contributed by atoms with van der Waals surface area (Å²) in [6.07, 6.45) is 14.8. The number of carbonyl (C=O) groups is 9. The van der Waals surface area contributed by atoms with E-state index in [2.05, 4.69) is 105 Å². The number of rotatable bonds is 15. The number of Topliss-reactive ketones (excluding diaryl/α,β-unsaturated/α-hetero) is 4. The van der Waals surface area contributed by atoms with E-state index in [4.69, 9.17) is 24.1 Å². The van der Waals surface area contributed by atoms with Gasteiger partial charge in [0.05, 0.1) is 91.9 Å². The van der Waals surface area contributed by atoms with Gasteiger partial charge in [0.2, 0.25) is 40.9 Å². The first-order valence-electron chi connectivity index (χ1n) is 31.3. The van der Waals surface area contributed by atoms with Crippen LogP contribution in [0.15, 0.2) is 96.0 Å². The third-order valence-corrected chi connectivity index (χ3v) is 18.2. The van der Waals surface area contributed by atoms with E-state index >= 15 is 0 Å². The van der Waals surface area contributed by atoms with Gasteiger partial charge in [0, 0.05) is 134 Å². The van der Waals surface area contributed by atoms with Crippen molar-refractivity contribution in [1.29, 1.82) is 0 Å². The SMILES string of the molecule is C=C(C(=O)c1c[nH]c2c(Br)ncc(OC)c12)N1CCN(C(C)=O)CC1.C=C(O)C(=O)c1c[nH]c2c(Br)ncc(OC)c12.COc1cnc(-n2cnc(C)n2)c2[n-]cc(C(=O)C(=O)N3CCN(C(C)=O)CC3)c12.COc1cnc(-n2cnc(C)n2)c2[n-]cc(C(=O)C(=O)N3CCN(C(C)=O)CC3)c12.[Br-].[K+].[Li+].[Li+]. The minimum absolute atomic E-state index is 0. The van der Waals surface area contributed by atoms with Gasteiger partial charge in [-0.2, -0.15) is 22.6 Å². The van der Waals surface area contributed by atoms with Gasteiger partial charge in [-0.1, -0.05) is 24.2 Å². The number of ketones is 4. The van der Waals surface area contributed by atoms with Crippen molar-refractivity contribution in [1.82, 2.24) is 98.8 Å². The van der Waals surface area contributed by atoms with Crippen molar-refractivity contribution in [3.63, 3.8) is 0 Å². The molecule has 3 N–H and O–H groups in total. The van der Waals surface area contributed by atoms with E-state index in [0.29, 0.717) is 194 Å². The van der Waals surface area contributed by atoms with Gasteiger partial charge in [-0.3, -0.25) is 43.2 Å². The number of aryl methyl sites for hydroxylation is 2. The molecule has 3 saturated heterocycles. The molecule has 5 amide bonds. The Hall–Kier alpha value is -8.38. The number of nitrogens with zero attached hydrogens (tertiary/aromatic N) is 18. The van der Waals surface area contributed by atoms with Crippen LogP contribution in [0.5, 0.6) is 23.0 Å². The summed E-state index contributed by atoms with van der Waals surface area (Å²) in [6.45, 7) is 20.4. The van der Waals surface area contributed by atoms with Gasteiger partial charge >= 0.3 is 89.1 Å². The molecule has 10 aromatic heterocycles. The summed E-state index contributed by atoms with van der Waals surface area (Å²) < 4.78 is 25.3. The molecule has 10 aromatic rings. The van der Waals surface area contributed by atoms with Gasteiger partial charge in [-0.05, 0) is 45.7 Å². The molecule has 0 spiro atoms. The number of hydrogen-bond acceptors (Lipinski definition) is 23. The molecule has 40 heteroatoms. The van der Waals surface area contributed by atoms with Crippen molar-refractivity contribution in [2.24, 2.45) is 0 Å². The van der Waals surface area contributed by atoms with Crippen LogP contribution in [0.1, 0.15) is 73.9 Å². The number of ether oxygens (including phenoxy) is 4. The molecular formula is C66H68Br3KLi2N20O14. The van der Waals surface area contributed by atoms with Crippen LogP contribution < -0.4 is 135 Å². The molecule has 0 bridgehead atoms. The topological polar surface area (TPSA) is 403 Å². The molecule has 540 valence electrons. The normalized spacial score (nSPS) is 13.2. The summed E-state index contributed by atoms with van der Waals surface area (Å²) in [5.41, 5.74) is 3.60. The Morgan fingerprint density at radius 2 is 0.774 bits per heavy atom. The zero-order valence-electron chi connectivity index (χ0n) is 60.1. The standard InChI is InChI=1S/2C19H21N7O4.C17H19BrN4O3.C11H9BrN2O3.BrH.K.2Li/c2*1-11-22-10-26(23-11)18-16-15(14(30-3)9-21-18)13(8-20-16)17(28)19(29)25-6-4-24(5-7-25)12(2)27;1-10(21-4-6-22(7-5-21)11(2)23)16(24)12-8-19-15-14(12)13(25-3)9-20-17(15)18;1-5(15)10(16)6-3-13-9-8(6)7(17-2)4-14-11(9)12;;;;/h2*8-10H,4-7H2,1-3H3,(H,20,21,28);8-9,19H,1,4-7H2,2-3H3;3-4,13,15H,1H2,2H3;1H;;;/q;;;;;3*+1/p-3. The van der Waals surface area contributed by atoms with E-state index in [0.717, 1.165) is 0 Å². The van der Waals surface area contributed by atoms with Crippen LogP contribution in [-0.4, -0.2) is 254 Å². The predicted octanol–water partition coefficient (Wildman–Crippen LogP) is -7.27. The van der Waals surface area contributed by atoms with Crippen molar-refractivity contribution in [2.75, 3.05) is 107 Å². The minimum Gasteiger partial charge on any atom is -1.00 e. The fourth-order valence-electron chi connectivity index (χ4n) is 11.5. The number of carbonyl (C=O) groups excluding carboxylic acids is 9. The van der Waals surface area contributed by atoms with Crippen molar-refractivity contribution in [3.8, 4) is 34.6 Å². The number of halogens is 3. The van der Waals surface area contributed by atoms with Gasteiger partial charge in [0.1, 0.15) is 68.1 Å². The smallest absolute Gasteiger partial charge is 1.00 e. The zero-order chi connectivity index (χ0) is 73.5. The number of allylic oxidation sites excluding steroid dienone is 2. The molecule has 3 aliphatic heterocycles. The molecular weight excluding hydrogens is 1590 g/mol. The Bertz CT molecular complexity index is 4810. The second kappa shape index (κ2) is 37.9. The molecule has 3 aliphatic rings. The average Bonchev–Trinajstić information content (AvgIpc) is 1.62. The number of hydrogen-bond donors (Lipinski definition) is 3. The zero-order valence-corrected chi connectivity index (χ0v) is 68.0. The van der Waals surface area contributed by atoms with Crippen molar-refractivity contribution in [3.05, 3.63) is 130 Å². The number of piperazine rings is 3. The molecule has 106 heavy (non-hydrogen) atoms. The molecule has 0 saturated carbocycles. The largest absolute Gasteiger partial charge is 1.00 e. The van der Waals surface area contributed by atoms with E-state index < -0.39 is 34.9 Å². The predicted molar refractivity (Wildman–Crippen MR) is 373 cm³/mol. The Balaban J connectivity index is 0.000000223. The van der Waals surface area contributed by atoms with Crippen LogP contribution in [0.4, 0.5) is 0 Å². The van der Waals surface area contributed by atoms with Crippen LogP contribution in [0.2, 0.25) is 0 Å². The number of nitrogens with one attached hydrogen (secondary N) is 2. The number of H-pyrrole nitrogens is 2. The van der Waals surface area contributed by atoms with Gasteiger partial charge in [0.25, 0.3) is 11.8 Å². The first-order chi connectivity index (χ1) is 48.8. The fraction of sp³-hybridized carbons (Fsp3) is 0.318. The molecule has 0 aliphatic carbocycles. The number of amides is 5. The van der Waals surface area contributed by atoms with E-state index in [-0.39, 0.29) is 141 Å². The maximum absolute atomic E-state index is 13.0. The van der Waals surface area contributed by atoms with Crippen LogP contribution in [-0.2, 0) is 24.0 Å². The van der Waals surface area contributed by atoms with E-state index in [9.17, 15) is 43.2 Å². The number of aromatic nitrogens is 14. The average molecular weight is 1660 g/mol. The van der Waals surface area contributed by atoms with Gasteiger partial charge in [-0.25, -0.2) is 39.3 Å². The number of aromatic amines is 2. The van der Waals surface area contributed by atoms with Crippen molar-refractivity contribution < 1.29 is 173 Å². The van der Waals surface area contributed by atoms with Crippen LogP contribution in [0.3, 0.4) is 0 Å². The summed E-state index contributed by atoms with van der Waals surface area (Å²) in [6, 6.07) is 0. The third-order valence-electron chi connectivity index (χ3n) is 17.0. The maximum Gasteiger partial charge on any atom is 1.00 e. The van der Waals surface area contributed by atoms with Gasteiger partial charge in [-0.15, -0.1) is 0 Å². The summed E-state index contributed by atoms with van der Waals surface area (Å²) in [4.78, 5) is 160. The molecule has 13 rings (SSSR count). The number of fused-ring (bicyclic) bond motifs is 4. The summed E-state index contributed by atoms with van der Waals surface area (Å²) >= 11 is 6.64. The minimum atomic E-state index is -0.681. The maximum atomic E-state index is 13.0. The number of aliphatic hydroxyl groups excluding tert-OH is 1. The quantitative estimate of drug-likeness (QED) is 0.0214. The number of pyridine rings is 4. The fourth-order valence-corrected chi connectivity index (χ4v) is 12.4. The van der Waals surface area contributed by atoms with E-state index in [1.807, 2.05) is 4.90 Å². The summed E-state index contributed by atoms with van der Waals surface area (Å²) in [5.74, 6) is -0.379. The Morgan fingerprint density at radius 1 is 0.462 bits per heavy atom. The first-order valence-corrected chi connectivity index (χ1v) is 32.9. The second-order valence-corrected chi connectivity index (χ2v) is 24.5. The number of aliphatic hydroxyl groups is 1. The second-order valence-electron chi connectivity index (χ2n) is 23.0. The summed E-state index contributed by atoms with van der Waals surface area (Å²) in [5, 5.41) is 19.7. The Kier molecular flexibility index (Phi) is 31.0. The summed E-state index contributed by atoms with van der Waals surface area (Å²) in [7, 11) is 5.94. The van der Waals surface area contributed by atoms with E-state index in [1.165, 1.54) is 104 Å². The first kappa shape index (κ1) is 86.5. The number of methoxy groups -OCH3 is 4. The molecule has 3 fully saturated rings. The Morgan fingerprint density at radius 3 is 1.08 bits per heavy atom. The molecule has 0 aromatic carbocycles. The molecule has 13 heterocycles. The molecule has 34 nitrogen and oxygen atoms in total. The van der Waals surface area contributed by atoms with Crippen molar-refractivity contribution >= 4 is 128 Å². The third kappa shape index (κ3) is 18.4. The molecule has 0 atom stereocenters. The Labute approximate surface area is 699 Å². The van der Waals surface area contributed by atoms with Gasteiger partial charge in [0.15, 0.2) is 5.76 Å². The monoisotopic (exact) mass is 1650 g/mol. The molecule has 0 unspecified atom stereocenters. The van der Waals surface area contributed by atoms with E-state index in [1.54, 1.807) is 55.0 Å². The van der Waals surface area contributed by atoms with Crippen LogP contribution in [0, 0.1) is 13.8 Å². The van der Waals surface area contributed by atoms with Crippen LogP contribution >= 0.6 is 31.9 Å².